The molecular weight excluding hydrogens is 262 g/mol. The Balaban J connectivity index is 2.91. The van der Waals surface area contributed by atoms with Crippen LogP contribution in [0.3, 0.4) is 0 Å². The normalized spacial score (nSPS) is 11.5. The molecule has 0 saturated carbocycles. The van der Waals surface area contributed by atoms with Crippen molar-refractivity contribution in [1.82, 2.24) is 9.71 Å². The minimum Gasteiger partial charge on any atom is -0.244 e. The van der Waals surface area contributed by atoms with Gasteiger partial charge in [0.15, 0.2) is 5.69 Å². The van der Waals surface area contributed by atoms with Crippen LogP contribution in [0.4, 0.5) is 0 Å². The fourth-order valence-electron chi connectivity index (χ4n) is 1.07. The highest BCUT2D eigenvalue weighted by atomic mass is 35.5. The number of pyridine rings is 1. The number of rotatable bonds is 5. The number of halogens is 1. The summed E-state index contributed by atoms with van der Waals surface area (Å²) in [5.74, 6) is 0.318. The van der Waals surface area contributed by atoms with E-state index >= 15 is 0 Å². The van der Waals surface area contributed by atoms with Crippen molar-refractivity contribution in [1.29, 1.82) is 5.26 Å². The molecule has 0 aliphatic heterocycles. The molecule has 0 amide bonds. The summed E-state index contributed by atoms with van der Waals surface area (Å²) < 4.78 is 25.9. The number of nitrogens with zero attached hydrogens (tertiary/aromatic N) is 2. The quantitative estimate of drug-likeness (QED) is 0.640. The molecule has 1 heterocycles. The summed E-state index contributed by atoms with van der Waals surface area (Å²) in [6.45, 7) is 0.120. The zero-order valence-corrected chi connectivity index (χ0v) is 10.4. The molecule has 0 bridgehead atoms. The fourth-order valence-corrected chi connectivity index (χ4v) is 2.28. The van der Waals surface area contributed by atoms with E-state index in [0.29, 0.717) is 5.88 Å². The molecule has 0 aliphatic carbocycles. The van der Waals surface area contributed by atoms with Gasteiger partial charge in [0.25, 0.3) is 0 Å². The maximum absolute atomic E-state index is 11.8. The van der Waals surface area contributed by atoms with Crippen molar-refractivity contribution < 1.29 is 8.42 Å². The molecule has 0 fully saturated rings. The van der Waals surface area contributed by atoms with E-state index in [1.165, 1.54) is 18.3 Å². The molecule has 5 nitrogen and oxygen atoms in total. The summed E-state index contributed by atoms with van der Waals surface area (Å²) >= 11 is 5.40. The minimum atomic E-state index is -3.71. The molecule has 1 aromatic heterocycles. The summed E-state index contributed by atoms with van der Waals surface area (Å²) in [4.78, 5) is 3.57. The van der Waals surface area contributed by atoms with Gasteiger partial charge in [0.05, 0.1) is 0 Å². The first-order chi connectivity index (χ1) is 8.11. The Hall–Kier alpha value is -1.42. The van der Waals surface area contributed by atoms with Crippen molar-refractivity contribution in [3.8, 4) is 6.07 Å². The summed E-state index contributed by atoms with van der Waals surface area (Å²) in [6, 6.07) is 4.53. The number of sulfonamides is 1. The molecular formula is C10H10ClN3O2S. The Labute approximate surface area is 105 Å². The third kappa shape index (κ3) is 3.82. The Morgan fingerprint density at radius 1 is 1.53 bits per heavy atom. The van der Waals surface area contributed by atoms with Crippen LogP contribution < -0.4 is 4.72 Å². The van der Waals surface area contributed by atoms with E-state index in [0.717, 1.165) is 0 Å². The molecule has 90 valence electrons. The van der Waals surface area contributed by atoms with Crippen LogP contribution in [0.25, 0.3) is 0 Å². The number of allylic oxidation sites excluding steroid dienone is 1. The molecule has 1 rings (SSSR count). The first-order valence-electron chi connectivity index (χ1n) is 4.67. The number of nitriles is 1. The summed E-state index contributed by atoms with van der Waals surface area (Å²) in [6.07, 6.45) is 4.58. The summed E-state index contributed by atoms with van der Waals surface area (Å²) in [7, 11) is -3.71. The van der Waals surface area contributed by atoms with Gasteiger partial charge < -0.3 is 0 Å². The molecule has 0 atom stereocenters. The van der Waals surface area contributed by atoms with E-state index in [1.807, 2.05) is 0 Å². The number of nitrogens with one attached hydrogen (secondary N) is 1. The predicted octanol–water partition coefficient (Wildman–Crippen LogP) is 1.03. The lowest BCUT2D eigenvalue weighted by molar-refractivity contribution is 0.585. The first-order valence-corrected chi connectivity index (χ1v) is 6.69. The molecule has 0 spiro atoms. The SMILES string of the molecule is N#Cc1ncccc1S(=O)(=O)NC/C=C/CCl. The third-order valence-electron chi connectivity index (χ3n) is 1.81. The van der Waals surface area contributed by atoms with E-state index in [2.05, 4.69) is 9.71 Å². The van der Waals surface area contributed by atoms with Crippen molar-refractivity contribution in [3.05, 3.63) is 36.2 Å². The molecule has 0 unspecified atom stereocenters. The van der Waals surface area contributed by atoms with E-state index in [4.69, 9.17) is 16.9 Å². The monoisotopic (exact) mass is 271 g/mol. The van der Waals surface area contributed by atoms with Crippen LogP contribution >= 0.6 is 11.6 Å². The van der Waals surface area contributed by atoms with Gasteiger partial charge in [0, 0.05) is 18.6 Å². The number of aromatic nitrogens is 1. The summed E-state index contributed by atoms with van der Waals surface area (Å²) in [5, 5.41) is 8.76. The number of hydrogen-bond donors (Lipinski definition) is 1. The molecule has 0 radical (unpaired) electrons. The fraction of sp³-hybridized carbons (Fsp3) is 0.200. The average molecular weight is 272 g/mol. The van der Waals surface area contributed by atoms with Crippen molar-refractivity contribution in [2.24, 2.45) is 0 Å². The Kier molecular flexibility index (Phi) is 5.10. The van der Waals surface area contributed by atoms with E-state index in [1.54, 1.807) is 18.2 Å². The second-order valence-electron chi connectivity index (χ2n) is 2.94. The predicted molar refractivity (Wildman–Crippen MR) is 64.0 cm³/mol. The van der Waals surface area contributed by atoms with Gasteiger partial charge in [-0.25, -0.2) is 18.1 Å². The average Bonchev–Trinajstić information content (AvgIpc) is 2.34. The Morgan fingerprint density at radius 2 is 2.29 bits per heavy atom. The second-order valence-corrected chi connectivity index (χ2v) is 4.98. The van der Waals surface area contributed by atoms with E-state index < -0.39 is 10.0 Å². The second kappa shape index (κ2) is 6.35. The van der Waals surface area contributed by atoms with Crippen LogP contribution in [0.2, 0.25) is 0 Å². The van der Waals surface area contributed by atoms with Crippen molar-refractivity contribution in [3.63, 3.8) is 0 Å². The standard InChI is InChI=1S/C10H10ClN3O2S/c11-5-1-2-7-14-17(15,16)10-4-3-6-13-9(10)8-12/h1-4,6,14H,5,7H2/b2-1+. The zero-order chi connectivity index (χ0) is 12.7. The largest absolute Gasteiger partial charge is 0.244 e. The number of hydrogen-bond acceptors (Lipinski definition) is 4. The van der Waals surface area contributed by atoms with Gasteiger partial charge in [-0.15, -0.1) is 11.6 Å². The lowest BCUT2D eigenvalue weighted by atomic mass is 10.4. The molecule has 1 aromatic rings. The van der Waals surface area contributed by atoms with Crippen LogP contribution in [-0.2, 0) is 10.0 Å². The Bertz CT molecular complexity index is 549. The summed E-state index contributed by atoms with van der Waals surface area (Å²) in [5.41, 5.74) is -0.124. The van der Waals surface area contributed by atoms with Gasteiger partial charge in [0.1, 0.15) is 11.0 Å². The molecule has 7 heteroatoms. The van der Waals surface area contributed by atoms with Crippen molar-refractivity contribution >= 4 is 21.6 Å². The first kappa shape index (κ1) is 13.6. The molecule has 0 saturated heterocycles. The van der Waals surface area contributed by atoms with Gasteiger partial charge in [0.2, 0.25) is 10.0 Å². The zero-order valence-electron chi connectivity index (χ0n) is 8.80. The topological polar surface area (TPSA) is 82.8 Å². The maximum atomic E-state index is 11.8. The highest BCUT2D eigenvalue weighted by Crippen LogP contribution is 2.11. The Morgan fingerprint density at radius 3 is 2.94 bits per heavy atom. The third-order valence-corrected chi connectivity index (χ3v) is 3.45. The van der Waals surface area contributed by atoms with E-state index in [9.17, 15) is 8.42 Å². The van der Waals surface area contributed by atoms with E-state index in [-0.39, 0.29) is 17.1 Å². The van der Waals surface area contributed by atoms with Crippen LogP contribution in [0, 0.1) is 11.3 Å². The van der Waals surface area contributed by atoms with Crippen LogP contribution in [-0.4, -0.2) is 25.8 Å². The highest BCUT2D eigenvalue weighted by Gasteiger charge is 2.17. The van der Waals surface area contributed by atoms with Gasteiger partial charge in [-0.1, -0.05) is 12.2 Å². The highest BCUT2D eigenvalue weighted by molar-refractivity contribution is 7.89. The van der Waals surface area contributed by atoms with Crippen LogP contribution in [0.5, 0.6) is 0 Å². The smallest absolute Gasteiger partial charge is 0.243 e. The lowest BCUT2D eigenvalue weighted by Gasteiger charge is -2.04. The van der Waals surface area contributed by atoms with Crippen molar-refractivity contribution in [2.75, 3.05) is 12.4 Å². The van der Waals surface area contributed by atoms with Gasteiger partial charge in [-0.2, -0.15) is 5.26 Å². The maximum Gasteiger partial charge on any atom is 0.243 e. The molecule has 1 N–H and O–H groups in total. The number of alkyl halides is 1. The van der Waals surface area contributed by atoms with Crippen LogP contribution in [0.15, 0.2) is 35.4 Å². The molecule has 0 aromatic carbocycles. The van der Waals surface area contributed by atoms with Gasteiger partial charge in [-0.3, -0.25) is 0 Å². The molecule has 17 heavy (non-hydrogen) atoms. The molecule has 0 aliphatic rings. The van der Waals surface area contributed by atoms with Crippen molar-refractivity contribution in [2.45, 2.75) is 4.90 Å². The van der Waals surface area contributed by atoms with Crippen LogP contribution in [0.1, 0.15) is 5.69 Å². The van der Waals surface area contributed by atoms with Gasteiger partial charge in [-0.05, 0) is 12.1 Å². The van der Waals surface area contributed by atoms with Gasteiger partial charge >= 0.3 is 0 Å². The lowest BCUT2D eigenvalue weighted by Crippen LogP contribution is -2.24. The minimum absolute atomic E-state index is 0.120.